The lowest BCUT2D eigenvalue weighted by atomic mass is 10.1. The van der Waals surface area contributed by atoms with E-state index in [1.165, 1.54) is 31.7 Å². The van der Waals surface area contributed by atoms with Crippen LogP contribution in [0.15, 0.2) is 24.3 Å². The highest BCUT2D eigenvalue weighted by atomic mass is 19.1. The van der Waals surface area contributed by atoms with Crippen molar-refractivity contribution in [2.24, 2.45) is 0 Å². The molecule has 2 nitrogen and oxygen atoms in total. The maximum absolute atomic E-state index is 13.1. The third-order valence-electron chi connectivity index (χ3n) is 3.46. The van der Waals surface area contributed by atoms with E-state index in [0.717, 1.165) is 25.2 Å². The number of benzene rings is 1. The van der Waals surface area contributed by atoms with Gasteiger partial charge in [0.2, 0.25) is 0 Å². The largest absolute Gasteiger partial charge is 0.312 e. The summed E-state index contributed by atoms with van der Waals surface area (Å²) in [5.74, 6) is -0.146. The summed E-state index contributed by atoms with van der Waals surface area (Å²) >= 11 is 0. The van der Waals surface area contributed by atoms with Gasteiger partial charge in [-0.05, 0) is 71.4 Å². The van der Waals surface area contributed by atoms with Crippen molar-refractivity contribution in [2.75, 3.05) is 20.1 Å². The Hall–Kier alpha value is -0.930. The molecule has 1 N–H and O–H groups in total. The zero-order chi connectivity index (χ0) is 15.7. The standard InChI is InChI=1S/C18H31FN2/c1-18(2,3)20-12-7-5-6-8-13-21(4)15-16-10-9-11-17(19)14-16/h9-11,14,20H,5-8,12-13,15H2,1-4H3. The topological polar surface area (TPSA) is 15.3 Å². The lowest BCUT2D eigenvalue weighted by Crippen LogP contribution is -2.36. The Morgan fingerprint density at radius 1 is 1.10 bits per heavy atom. The van der Waals surface area contributed by atoms with Gasteiger partial charge in [0.15, 0.2) is 0 Å². The van der Waals surface area contributed by atoms with Crippen molar-refractivity contribution < 1.29 is 4.39 Å². The molecule has 1 aromatic carbocycles. The maximum atomic E-state index is 13.1. The van der Waals surface area contributed by atoms with Crippen molar-refractivity contribution in [1.29, 1.82) is 0 Å². The Kier molecular flexibility index (Phi) is 7.91. The number of halogens is 1. The van der Waals surface area contributed by atoms with Gasteiger partial charge >= 0.3 is 0 Å². The van der Waals surface area contributed by atoms with Gasteiger partial charge in [-0.3, -0.25) is 0 Å². The number of hydrogen-bond acceptors (Lipinski definition) is 2. The first kappa shape index (κ1) is 18.1. The number of nitrogens with zero attached hydrogens (tertiary/aromatic N) is 1. The summed E-state index contributed by atoms with van der Waals surface area (Å²) in [7, 11) is 2.10. The van der Waals surface area contributed by atoms with Gasteiger partial charge in [-0.2, -0.15) is 0 Å². The molecule has 0 atom stereocenters. The SMILES string of the molecule is CN(CCCCCCNC(C)(C)C)Cc1cccc(F)c1. The molecule has 21 heavy (non-hydrogen) atoms. The molecule has 0 aromatic heterocycles. The summed E-state index contributed by atoms with van der Waals surface area (Å²) in [6.45, 7) is 9.60. The second-order valence-electron chi connectivity index (χ2n) is 6.96. The molecule has 0 bridgehead atoms. The molecule has 0 aliphatic rings. The first-order valence-electron chi connectivity index (χ1n) is 8.05. The normalized spacial score (nSPS) is 12.1. The molecule has 0 aliphatic heterocycles. The monoisotopic (exact) mass is 294 g/mol. The quantitative estimate of drug-likeness (QED) is 0.686. The third-order valence-corrected chi connectivity index (χ3v) is 3.46. The second kappa shape index (κ2) is 9.16. The Morgan fingerprint density at radius 2 is 1.81 bits per heavy atom. The van der Waals surface area contributed by atoms with Crippen LogP contribution in [-0.2, 0) is 6.54 Å². The predicted molar refractivity (Wildman–Crippen MR) is 89.0 cm³/mol. The Labute approximate surface area is 129 Å². The van der Waals surface area contributed by atoms with Crippen LogP contribution in [0.5, 0.6) is 0 Å². The van der Waals surface area contributed by atoms with Gasteiger partial charge < -0.3 is 10.2 Å². The van der Waals surface area contributed by atoms with Gasteiger partial charge in [-0.25, -0.2) is 4.39 Å². The number of hydrogen-bond donors (Lipinski definition) is 1. The second-order valence-corrected chi connectivity index (χ2v) is 6.96. The molecule has 0 saturated heterocycles. The molecule has 0 amide bonds. The average molecular weight is 294 g/mol. The van der Waals surface area contributed by atoms with E-state index >= 15 is 0 Å². The fourth-order valence-corrected chi connectivity index (χ4v) is 2.35. The molecule has 0 heterocycles. The zero-order valence-electron chi connectivity index (χ0n) is 14.1. The summed E-state index contributed by atoms with van der Waals surface area (Å²) in [5.41, 5.74) is 1.28. The van der Waals surface area contributed by atoms with E-state index in [1.54, 1.807) is 12.1 Å². The van der Waals surface area contributed by atoms with Gasteiger partial charge in [0.1, 0.15) is 5.82 Å². The van der Waals surface area contributed by atoms with Gasteiger partial charge in [-0.1, -0.05) is 25.0 Å². The average Bonchev–Trinajstić information content (AvgIpc) is 2.36. The van der Waals surface area contributed by atoms with Crippen LogP contribution in [0.1, 0.15) is 52.0 Å². The summed E-state index contributed by atoms with van der Waals surface area (Å²) in [6, 6.07) is 6.88. The zero-order valence-corrected chi connectivity index (χ0v) is 14.1. The van der Waals surface area contributed by atoms with Crippen LogP contribution in [0.25, 0.3) is 0 Å². The van der Waals surface area contributed by atoms with Crippen LogP contribution in [0.3, 0.4) is 0 Å². The van der Waals surface area contributed by atoms with Gasteiger partial charge in [0.05, 0.1) is 0 Å². The van der Waals surface area contributed by atoms with Crippen LogP contribution in [-0.4, -0.2) is 30.6 Å². The van der Waals surface area contributed by atoms with Gasteiger partial charge in [0.25, 0.3) is 0 Å². The van der Waals surface area contributed by atoms with E-state index in [2.05, 4.69) is 38.0 Å². The first-order chi connectivity index (χ1) is 9.87. The minimum absolute atomic E-state index is 0.146. The molecule has 0 aliphatic carbocycles. The lowest BCUT2D eigenvalue weighted by molar-refractivity contribution is 0.315. The highest BCUT2D eigenvalue weighted by Gasteiger charge is 2.07. The minimum atomic E-state index is -0.146. The molecule has 0 radical (unpaired) electrons. The summed E-state index contributed by atoms with van der Waals surface area (Å²) in [4.78, 5) is 2.27. The van der Waals surface area contributed by atoms with Gasteiger partial charge in [-0.15, -0.1) is 0 Å². The molecule has 1 aromatic rings. The number of unbranched alkanes of at least 4 members (excludes halogenated alkanes) is 3. The van der Waals surface area contributed by atoms with E-state index in [1.807, 2.05) is 6.07 Å². The molecule has 0 spiro atoms. The summed E-state index contributed by atoms with van der Waals surface area (Å²) < 4.78 is 13.1. The fraction of sp³-hybridized carbons (Fsp3) is 0.667. The van der Waals surface area contributed by atoms with Crippen LogP contribution >= 0.6 is 0 Å². The highest BCUT2D eigenvalue weighted by molar-refractivity contribution is 5.15. The summed E-state index contributed by atoms with van der Waals surface area (Å²) in [5, 5.41) is 3.51. The molecule has 0 saturated carbocycles. The van der Waals surface area contributed by atoms with E-state index in [4.69, 9.17) is 0 Å². The van der Waals surface area contributed by atoms with Crippen LogP contribution in [0.4, 0.5) is 4.39 Å². The van der Waals surface area contributed by atoms with Crippen molar-refractivity contribution in [3.8, 4) is 0 Å². The van der Waals surface area contributed by atoms with E-state index in [-0.39, 0.29) is 11.4 Å². The van der Waals surface area contributed by atoms with Crippen LogP contribution in [0.2, 0.25) is 0 Å². The maximum Gasteiger partial charge on any atom is 0.123 e. The molecule has 0 fully saturated rings. The predicted octanol–water partition coefficient (Wildman–Crippen LogP) is 4.21. The van der Waals surface area contributed by atoms with Crippen molar-refractivity contribution >= 4 is 0 Å². The third kappa shape index (κ3) is 9.59. The molecular formula is C18H31FN2. The van der Waals surface area contributed by atoms with Crippen molar-refractivity contribution in [2.45, 2.75) is 58.5 Å². The molecular weight excluding hydrogens is 263 g/mol. The molecule has 0 unspecified atom stereocenters. The highest BCUT2D eigenvalue weighted by Crippen LogP contribution is 2.08. The van der Waals surface area contributed by atoms with E-state index < -0.39 is 0 Å². The minimum Gasteiger partial charge on any atom is -0.312 e. The van der Waals surface area contributed by atoms with Crippen LogP contribution < -0.4 is 5.32 Å². The molecule has 3 heteroatoms. The Bertz CT molecular complexity index is 398. The van der Waals surface area contributed by atoms with Crippen LogP contribution in [0, 0.1) is 5.82 Å². The molecule has 1 rings (SSSR count). The van der Waals surface area contributed by atoms with E-state index in [0.29, 0.717) is 0 Å². The van der Waals surface area contributed by atoms with Gasteiger partial charge in [0, 0.05) is 12.1 Å². The number of rotatable bonds is 9. The van der Waals surface area contributed by atoms with Crippen molar-refractivity contribution in [1.82, 2.24) is 10.2 Å². The fourth-order valence-electron chi connectivity index (χ4n) is 2.35. The smallest absolute Gasteiger partial charge is 0.123 e. The molecule has 120 valence electrons. The van der Waals surface area contributed by atoms with E-state index in [9.17, 15) is 4.39 Å². The summed E-state index contributed by atoms with van der Waals surface area (Å²) in [6.07, 6.45) is 4.99. The van der Waals surface area contributed by atoms with Crippen molar-refractivity contribution in [3.05, 3.63) is 35.6 Å². The Morgan fingerprint density at radius 3 is 2.48 bits per heavy atom. The number of nitrogens with one attached hydrogen (secondary N) is 1. The lowest BCUT2D eigenvalue weighted by Gasteiger charge is -2.20. The Balaban J connectivity index is 2.05. The first-order valence-corrected chi connectivity index (χ1v) is 8.05. The van der Waals surface area contributed by atoms with Crippen molar-refractivity contribution in [3.63, 3.8) is 0 Å².